The van der Waals surface area contributed by atoms with E-state index in [0.29, 0.717) is 12.8 Å². The Morgan fingerprint density at radius 3 is 2.45 bits per heavy atom. The van der Waals surface area contributed by atoms with Crippen LogP contribution >= 0.6 is 0 Å². The third-order valence-electron chi connectivity index (χ3n) is 5.15. The van der Waals surface area contributed by atoms with Crippen LogP contribution in [0.2, 0.25) is 0 Å². The molecular weight excluding hydrogens is 358 g/mol. The van der Waals surface area contributed by atoms with Crippen LogP contribution in [0.4, 0.5) is 0 Å². The van der Waals surface area contributed by atoms with Crippen molar-refractivity contribution in [2.24, 2.45) is 0 Å². The lowest BCUT2D eigenvalue weighted by Crippen LogP contribution is -2.01. The van der Waals surface area contributed by atoms with Crippen molar-refractivity contribution in [3.63, 3.8) is 0 Å². The number of carbonyl (C=O) groups excluding carboxylic acids is 1. The van der Waals surface area contributed by atoms with Gasteiger partial charge in [0.05, 0.1) is 5.52 Å². The Bertz CT molecular complexity index is 1140. The fraction of sp³-hybridized carbons (Fsp3) is 0.200. The normalized spacial score (nSPS) is 12.1. The second-order valence-electron chi connectivity index (χ2n) is 7.52. The molecule has 0 N–H and O–H groups in total. The van der Waals surface area contributed by atoms with Crippen molar-refractivity contribution in [2.75, 3.05) is 0 Å². The summed E-state index contributed by atoms with van der Waals surface area (Å²) < 4.78 is 0. The molecule has 0 spiro atoms. The summed E-state index contributed by atoms with van der Waals surface area (Å²) in [6.45, 7) is 3.73. The first-order valence-corrected chi connectivity index (χ1v) is 9.83. The molecule has 2 heterocycles. The van der Waals surface area contributed by atoms with E-state index in [2.05, 4.69) is 53.3 Å². The molecule has 0 aliphatic carbocycles. The minimum absolute atomic E-state index is 0.221. The molecule has 0 saturated carbocycles. The molecule has 0 fully saturated rings. The Kier molecular flexibility index (Phi) is 5.43. The third-order valence-corrected chi connectivity index (χ3v) is 5.15. The largest absolute Gasteiger partial charge is 0.300 e. The van der Waals surface area contributed by atoms with Gasteiger partial charge in [0.25, 0.3) is 0 Å². The maximum Gasteiger partial charge on any atom is 0.133 e. The van der Waals surface area contributed by atoms with Gasteiger partial charge in [-0.2, -0.15) is 0 Å². The molecule has 2 aromatic heterocycles. The van der Waals surface area contributed by atoms with Crippen molar-refractivity contribution in [1.29, 1.82) is 0 Å². The van der Waals surface area contributed by atoms with Crippen molar-refractivity contribution in [3.8, 4) is 11.1 Å². The van der Waals surface area contributed by atoms with Crippen LogP contribution in [0.25, 0.3) is 22.0 Å². The molecular formula is C25H23N3O. The van der Waals surface area contributed by atoms with Crippen molar-refractivity contribution in [3.05, 3.63) is 90.1 Å². The van der Waals surface area contributed by atoms with Gasteiger partial charge in [0.2, 0.25) is 0 Å². The summed E-state index contributed by atoms with van der Waals surface area (Å²) in [6.07, 6.45) is 6.75. The molecule has 144 valence electrons. The van der Waals surface area contributed by atoms with Gasteiger partial charge >= 0.3 is 0 Å². The molecule has 1 atom stereocenters. The number of pyridine rings is 1. The molecule has 0 unspecified atom stereocenters. The van der Waals surface area contributed by atoms with Gasteiger partial charge in [0.15, 0.2) is 0 Å². The van der Waals surface area contributed by atoms with E-state index in [-0.39, 0.29) is 11.7 Å². The summed E-state index contributed by atoms with van der Waals surface area (Å²) in [5.41, 5.74) is 5.56. The van der Waals surface area contributed by atoms with Gasteiger partial charge in [-0.1, -0.05) is 37.3 Å². The van der Waals surface area contributed by atoms with Crippen molar-refractivity contribution in [1.82, 2.24) is 15.0 Å². The topological polar surface area (TPSA) is 55.7 Å². The Labute approximate surface area is 170 Å². The minimum atomic E-state index is 0.221. The Balaban J connectivity index is 1.52. The summed E-state index contributed by atoms with van der Waals surface area (Å²) in [6, 6.07) is 18.6. The van der Waals surface area contributed by atoms with Crippen LogP contribution in [0, 0.1) is 0 Å². The maximum absolute atomic E-state index is 11.3. The predicted octanol–water partition coefficient (Wildman–Crippen LogP) is 5.37. The molecule has 0 bridgehead atoms. The van der Waals surface area contributed by atoms with E-state index in [1.165, 1.54) is 5.56 Å². The van der Waals surface area contributed by atoms with Crippen molar-refractivity contribution >= 4 is 16.7 Å². The second-order valence-corrected chi connectivity index (χ2v) is 7.52. The Hall–Kier alpha value is -3.40. The van der Waals surface area contributed by atoms with E-state index in [1.807, 2.05) is 24.4 Å². The highest BCUT2D eigenvalue weighted by molar-refractivity contribution is 5.83. The van der Waals surface area contributed by atoms with E-state index in [0.717, 1.165) is 33.4 Å². The first-order chi connectivity index (χ1) is 14.1. The Morgan fingerprint density at radius 1 is 0.966 bits per heavy atom. The van der Waals surface area contributed by atoms with Gasteiger partial charge in [-0.05, 0) is 59.4 Å². The van der Waals surface area contributed by atoms with Crippen molar-refractivity contribution < 1.29 is 4.79 Å². The quantitative estimate of drug-likeness (QED) is 0.451. The smallest absolute Gasteiger partial charge is 0.133 e. The Morgan fingerprint density at radius 2 is 1.72 bits per heavy atom. The van der Waals surface area contributed by atoms with Crippen molar-refractivity contribution in [2.45, 2.75) is 32.6 Å². The molecule has 4 heteroatoms. The summed E-state index contributed by atoms with van der Waals surface area (Å²) in [5.74, 6) is 1.27. The summed E-state index contributed by atoms with van der Waals surface area (Å²) >= 11 is 0. The number of benzene rings is 2. The van der Waals surface area contributed by atoms with E-state index in [1.54, 1.807) is 19.3 Å². The number of ketones is 1. The zero-order valence-corrected chi connectivity index (χ0v) is 16.7. The van der Waals surface area contributed by atoms with Crippen LogP contribution in [0.1, 0.15) is 43.1 Å². The molecule has 4 nitrogen and oxygen atoms in total. The van der Waals surface area contributed by atoms with Gasteiger partial charge < -0.3 is 4.79 Å². The highest BCUT2D eigenvalue weighted by Crippen LogP contribution is 2.24. The summed E-state index contributed by atoms with van der Waals surface area (Å²) in [7, 11) is 0. The van der Waals surface area contributed by atoms with E-state index in [4.69, 9.17) is 4.98 Å². The van der Waals surface area contributed by atoms with Crippen LogP contribution in [-0.2, 0) is 11.2 Å². The minimum Gasteiger partial charge on any atom is -0.300 e. The van der Waals surface area contributed by atoms with Crippen LogP contribution in [0.5, 0.6) is 0 Å². The highest BCUT2D eigenvalue weighted by atomic mass is 16.1. The molecule has 0 saturated heterocycles. The first-order valence-electron chi connectivity index (χ1n) is 9.83. The summed E-state index contributed by atoms with van der Waals surface area (Å²) in [4.78, 5) is 24.7. The first kappa shape index (κ1) is 18.9. The maximum atomic E-state index is 11.3. The molecule has 0 radical (unpaired) electrons. The van der Waals surface area contributed by atoms with Crippen LogP contribution in [0.3, 0.4) is 0 Å². The van der Waals surface area contributed by atoms with Gasteiger partial charge in [0.1, 0.15) is 11.6 Å². The standard InChI is InChI=1S/C25H23N3O/c1-17(13-18(2)29)20-5-3-19(4-6-20)14-25-27-16-23-15-22(7-8-24(23)28-25)21-9-11-26-12-10-21/h3-12,15-17H,13-14H2,1-2H3/t17-/m0/s1. The number of hydrogen-bond donors (Lipinski definition) is 0. The zero-order valence-electron chi connectivity index (χ0n) is 16.7. The average Bonchev–Trinajstić information content (AvgIpc) is 2.74. The zero-order chi connectivity index (χ0) is 20.2. The van der Waals surface area contributed by atoms with Gasteiger partial charge in [-0.15, -0.1) is 0 Å². The fourth-order valence-electron chi connectivity index (χ4n) is 3.58. The number of fused-ring (bicyclic) bond motifs is 1. The number of nitrogens with zero attached hydrogens (tertiary/aromatic N) is 3. The number of hydrogen-bond acceptors (Lipinski definition) is 4. The SMILES string of the molecule is CC(=O)C[C@H](C)c1ccc(Cc2ncc3cc(-c4ccncc4)ccc3n2)cc1. The lowest BCUT2D eigenvalue weighted by Gasteiger charge is -2.10. The summed E-state index contributed by atoms with van der Waals surface area (Å²) in [5, 5.41) is 1.02. The van der Waals surface area contributed by atoms with Gasteiger partial charge in [-0.25, -0.2) is 9.97 Å². The van der Waals surface area contributed by atoms with Crippen LogP contribution in [-0.4, -0.2) is 20.7 Å². The lowest BCUT2D eigenvalue weighted by atomic mass is 9.95. The number of aromatic nitrogens is 3. The van der Waals surface area contributed by atoms with Gasteiger partial charge in [0, 0.05) is 36.8 Å². The molecule has 4 rings (SSSR count). The average molecular weight is 381 g/mol. The fourth-order valence-corrected chi connectivity index (χ4v) is 3.58. The molecule has 0 aliphatic rings. The molecule has 4 aromatic rings. The van der Waals surface area contributed by atoms with Crippen LogP contribution in [0.15, 0.2) is 73.2 Å². The third kappa shape index (κ3) is 4.54. The second kappa shape index (κ2) is 8.31. The van der Waals surface area contributed by atoms with Gasteiger partial charge in [-0.3, -0.25) is 4.98 Å². The molecule has 0 amide bonds. The number of carbonyl (C=O) groups is 1. The highest BCUT2D eigenvalue weighted by Gasteiger charge is 2.09. The van der Waals surface area contributed by atoms with E-state index >= 15 is 0 Å². The van der Waals surface area contributed by atoms with E-state index in [9.17, 15) is 4.79 Å². The van der Waals surface area contributed by atoms with Crippen LogP contribution < -0.4 is 0 Å². The monoisotopic (exact) mass is 381 g/mol. The van der Waals surface area contributed by atoms with E-state index < -0.39 is 0 Å². The number of Topliss-reactive ketones (excluding diaryl/α,β-unsaturated/α-hetero) is 1. The molecule has 29 heavy (non-hydrogen) atoms. The molecule has 0 aliphatic heterocycles. The number of rotatable bonds is 6. The molecule has 2 aromatic carbocycles. The lowest BCUT2D eigenvalue weighted by molar-refractivity contribution is -0.117. The predicted molar refractivity (Wildman–Crippen MR) is 116 cm³/mol.